The molecule has 1 heterocycles. The summed E-state index contributed by atoms with van der Waals surface area (Å²) in [5.41, 5.74) is 2.77. The molecule has 1 aromatic heterocycles. The lowest BCUT2D eigenvalue weighted by atomic mass is 9.88. The molecular weight excluding hydrogens is 280 g/mol. The normalized spacial score (nSPS) is 13.6. The molecule has 0 bridgehead atoms. The van der Waals surface area contributed by atoms with Gasteiger partial charge < -0.3 is 4.42 Å². The molecule has 3 aromatic rings. The molecule has 0 saturated carbocycles. The molecule has 0 radical (unpaired) electrons. The Bertz CT molecular complexity index is 671. The molecule has 0 saturated heterocycles. The third kappa shape index (κ3) is 4.13. The van der Waals surface area contributed by atoms with Crippen LogP contribution in [0, 0.1) is 0 Å². The summed E-state index contributed by atoms with van der Waals surface area (Å²) in [6.45, 7) is 2.32. The lowest BCUT2D eigenvalue weighted by molar-refractivity contribution is 0.459. The van der Waals surface area contributed by atoms with Crippen molar-refractivity contribution >= 4 is 0 Å². The van der Waals surface area contributed by atoms with Gasteiger partial charge in [0.2, 0.25) is 0 Å². The molecule has 2 aromatic carbocycles. The minimum atomic E-state index is 0.356. The van der Waals surface area contributed by atoms with Crippen molar-refractivity contribution < 1.29 is 4.42 Å². The van der Waals surface area contributed by atoms with Gasteiger partial charge in [0.25, 0.3) is 0 Å². The van der Waals surface area contributed by atoms with Crippen molar-refractivity contribution in [2.75, 3.05) is 0 Å². The van der Waals surface area contributed by atoms with Crippen LogP contribution in [-0.4, -0.2) is 0 Å². The van der Waals surface area contributed by atoms with Gasteiger partial charge in [-0.05, 0) is 42.0 Å². The molecule has 1 nitrogen and oxygen atoms in total. The van der Waals surface area contributed by atoms with E-state index in [1.165, 1.54) is 24.0 Å². The zero-order chi connectivity index (χ0) is 15.9. The van der Waals surface area contributed by atoms with E-state index in [4.69, 9.17) is 4.42 Å². The number of hydrogen-bond acceptors (Lipinski definition) is 1. The second-order valence-electron chi connectivity index (χ2n) is 6.22. The van der Waals surface area contributed by atoms with Gasteiger partial charge in [0.15, 0.2) is 0 Å². The smallest absolute Gasteiger partial charge is 0.111 e. The lowest BCUT2D eigenvalue weighted by Crippen LogP contribution is -2.01. The summed E-state index contributed by atoms with van der Waals surface area (Å²) in [5.74, 6) is 2.03. The Labute approximate surface area is 139 Å². The van der Waals surface area contributed by atoms with Crippen LogP contribution < -0.4 is 0 Å². The molecule has 118 valence electrons. The molecule has 2 atom stereocenters. The van der Waals surface area contributed by atoms with E-state index in [1.54, 1.807) is 6.26 Å². The lowest BCUT2D eigenvalue weighted by Gasteiger charge is -2.17. The molecule has 0 aliphatic carbocycles. The van der Waals surface area contributed by atoms with Crippen LogP contribution in [0.4, 0.5) is 0 Å². The largest absolute Gasteiger partial charge is 0.469 e. The van der Waals surface area contributed by atoms with Gasteiger partial charge in [-0.1, -0.05) is 74.0 Å². The molecular formula is C22H24O. The predicted octanol–water partition coefficient (Wildman–Crippen LogP) is 6.39. The van der Waals surface area contributed by atoms with E-state index in [1.807, 2.05) is 6.07 Å². The van der Waals surface area contributed by atoms with Crippen molar-refractivity contribution in [1.82, 2.24) is 0 Å². The minimum absolute atomic E-state index is 0.356. The van der Waals surface area contributed by atoms with Crippen molar-refractivity contribution in [2.45, 2.75) is 38.0 Å². The first-order chi connectivity index (χ1) is 11.3. The first-order valence-corrected chi connectivity index (χ1v) is 8.48. The Kier molecular flexibility index (Phi) is 5.31. The molecule has 0 amide bonds. The highest BCUT2D eigenvalue weighted by molar-refractivity contribution is 5.27. The van der Waals surface area contributed by atoms with Crippen LogP contribution in [-0.2, 0) is 0 Å². The van der Waals surface area contributed by atoms with Gasteiger partial charge >= 0.3 is 0 Å². The fourth-order valence-corrected chi connectivity index (χ4v) is 3.22. The zero-order valence-electron chi connectivity index (χ0n) is 13.7. The van der Waals surface area contributed by atoms with E-state index in [-0.39, 0.29) is 0 Å². The third-order valence-electron chi connectivity index (χ3n) is 4.59. The van der Waals surface area contributed by atoms with Crippen LogP contribution >= 0.6 is 0 Å². The molecule has 23 heavy (non-hydrogen) atoms. The number of hydrogen-bond donors (Lipinski definition) is 0. The summed E-state index contributed by atoms with van der Waals surface area (Å²) in [6.07, 6.45) is 5.29. The average molecular weight is 304 g/mol. The Morgan fingerprint density at radius 1 is 0.739 bits per heavy atom. The van der Waals surface area contributed by atoms with Crippen molar-refractivity contribution in [3.05, 3.63) is 95.9 Å². The topological polar surface area (TPSA) is 13.1 Å². The first kappa shape index (κ1) is 15.6. The minimum Gasteiger partial charge on any atom is -0.469 e. The highest BCUT2D eigenvalue weighted by atomic mass is 16.3. The van der Waals surface area contributed by atoms with Crippen molar-refractivity contribution in [2.24, 2.45) is 0 Å². The van der Waals surface area contributed by atoms with E-state index >= 15 is 0 Å². The number of rotatable bonds is 7. The maximum atomic E-state index is 5.69. The van der Waals surface area contributed by atoms with Gasteiger partial charge in [0, 0.05) is 5.92 Å². The van der Waals surface area contributed by atoms with E-state index in [0.29, 0.717) is 11.8 Å². The van der Waals surface area contributed by atoms with Crippen LogP contribution in [0.2, 0.25) is 0 Å². The standard InChI is InChI=1S/C22H24O/c1-18(19-11-4-2-5-12-19)10-8-15-21(22-16-9-17-23-22)20-13-6-3-7-14-20/h2-7,9,11-14,16-18,21H,8,10,15H2,1H3. The molecule has 0 N–H and O–H groups in total. The highest BCUT2D eigenvalue weighted by Gasteiger charge is 2.17. The van der Waals surface area contributed by atoms with Gasteiger partial charge in [-0.3, -0.25) is 0 Å². The second kappa shape index (κ2) is 7.82. The highest BCUT2D eigenvalue weighted by Crippen LogP contribution is 2.31. The predicted molar refractivity (Wildman–Crippen MR) is 95.7 cm³/mol. The fraction of sp³-hybridized carbons (Fsp3) is 0.273. The van der Waals surface area contributed by atoms with Crippen LogP contribution in [0.15, 0.2) is 83.5 Å². The summed E-state index contributed by atoms with van der Waals surface area (Å²) >= 11 is 0. The maximum absolute atomic E-state index is 5.69. The van der Waals surface area contributed by atoms with Gasteiger partial charge in [0.1, 0.15) is 5.76 Å². The second-order valence-corrected chi connectivity index (χ2v) is 6.22. The Morgan fingerprint density at radius 2 is 1.39 bits per heavy atom. The summed E-state index contributed by atoms with van der Waals surface area (Å²) < 4.78 is 5.69. The molecule has 0 aliphatic rings. The summed E-state index contributed by atoms with van der Waals surface area (Å²) in [6, 6.07) is 25.6. The van der Waals surface area contributed by atoms with Gasteiger partial charge in [0.05, 0.1) is 6.26 Å². The molecule has 0 spiro atoms. The third-order valence-corrected chi connectivity index (χ3v) is 4.59. The first-order valence-electron chi connectivity index (χ1n) is 8.48. The average Bonchev–Trinajstić information content (AvgIpc) is 3.14. The van der Waals surface area contributed by atoms with Crippen LogP contribution in [0.1, 0.15) is 54.9 Å². The van der Waals surface area contributed by atoms with Crippen molar-refractivity contribution in [1.29, 1.82) is 0 Å². The molecule has 0 aliphatic heterocycles. The Morgan fingerprint density at radius 3 is 2.00 bits per heavy atom. The monoisotopic (exact) mass is 304 g/mol. The molecule has 2 unspecified atom stereocenters. The fourth-order valence-electron chi connectivity index (χ4n) is 3.22. The van der Waals surface area contributed by atoms with Crippen molar-refractivity contribution in [3.63, 3.8) is 0 Å². The van der Waals surface area contributed by atoms with E-state index < -0.39 is 0 Å². The van der Waals surface area contributed by atoms with Crippen LogP contribution in [0.5, 0.6) is 0 Å². The number of furan rings is 1. The Hall–Kier alpha value is -2.28. The van der Waals surface area contributed by atoms with Crippen molar-refractivity contribution in [3.8, 4) is 0 Å². The van der Waals surface area contributed by atoms with Crippen LogP contribution in [0.25, 0.3) is 0 Å². The Balaban J connectivity index is 1.64. The number of benzene rings is 2. The summed E-state index contributed by atoms with van der Waals surface area (Å²) in [5, 5.41) is 0. The maximum Gasteiger partial charge on any atom is 0.111 e. The van der Waals surface area contributed by atoms with Gasteiger partial charge in [-0.15, -0.1) is 0 Å². The molecule has 3 rings (SSSR count). The summed E-state index contributed by atoms with van der Waals surface area (Å²) in [4.78, 5) is 0. The van der Waals surface area contributed by atoms with E-state index in [0.717, 1.165) is 12.2 Å². The van der Waals surface area contributed by atoms with E-state index in [9.17, 15) is 0 Å². The van der Waals surface area contributed by atoms with Crippen LogP contribution in [0.3, 0.4) is 0 Å². The van der Waals surface area contributed by atoms with Gasteiger partial charge in [-0.25, -0.2) is 0 Å². The zero-order valence-corrected chi connectivity index (χ0v) is 13.7. The SMILES string of the molecule is CC(CCCC(c1ccccc1)c1ccco1)c1ccccc1. The van der Waals surface area contributed by atoms with E-state index in [2.05, 4.69) is 73.7 Å². The quantitative estimate of drug-likeness (QED) is 0.493. The molecule has 1 heteroatoms. The van der Waals surface area contributed by atoms with Gasteiger partial charge in [-0.2, -0.15) is 0 Å². The summed E-state index contributed by atoms with van der Waals surface area (Å²) in [7, 11) is 0. The molecule has 0 fully saturated rings.